The number of hydrogen-bond acceptors (Lipinski definition) is 7. The van der Waals surface area contributed by atoms with E-state index in [9.17, 15) is 34.0 Å². The highest BCUT2D eigenvalue weighted by molar-refractivity contribution is 5.91. The van der Waals surface area contributed by atoms with Gasteiger partial charge in [-0.3, -0.25) is 19.7 Å². The van der Waals surface area contributed by atoms with Crippen LogP contribution in [0.3, 0.4) is 0 Å². The number of primary amides is 1. The molecule has 0 heterocycles. The van der Waals surface area contributed by atoms with Crippen LogP contribution in [-0.4, -0.2) is 46.6 Å². The molecule has 0 fully saturated rings. The second-order valence-electron chi connectivity index (χ2n) is 6.65. The first kappa shape index (κ1) is 24.2. The van der Waals surface area contributed by atoms with Gasteiger partial charge < -0.3 is 26.2 Å². The lowest BCUT2D eigenvalue weighted by molar-refractivity contribution is -0.387. The summed E-state index contributed by atoms with van der Waals surface area (Å²) in [5.74, 6) is -2.98. The van der Waals surface area contributed by atoms with Crippen LogP contribution in [-0.2, 0) is 27.4 Å². The molecule has 0 spiro atoms. The molecular formula is C20H21FN4O7. The fourth-order valence-corrected chi connectivity index (χ4v) is 2.66. The zero-order valence-electron chi connectivity index (χ0n) is 16.7. The topological polar surface area (TPSA) is 174 Å². The van der Waals surface area contributed by atoms with E-state index < -0.39 is 53.0 Å². The van der Waals surface area contributed by atoms with Crippen LogP contribution in [0.1, 0.15) is 11.1 Å². The number of aliphatic hydroxyl groups is 1. The van der Waals surface area contributed by atoms with Crippen molar-refractivity contribution in [2.24, 2.45) is 5.73 Å². The molecule has 170 valence electrons. The predicted molar refractivity (Wildman–Crippen MR) is 109 cm³/mol. The number of hydrogen-bond donors (Lipinski definition) is 4. The summed E-state index contributed by atoms with van der Waals surface area (Å²) >= 11 is 0. The summed E-state index contributed by atoms with van der Waals surface area (Å²) in [4.78, 5) is 46.0. The van der Waals surface area contributed by atoms with Crippen LogP contribution in [0.4, 0.5) is 14.9 Å². The monoisotopic (exact) mass is 448 g/mol. The van der Waals surface area contributed by atoms with E-state index in [1.807, 2.05) is 0 Å². The first-order valence-electron chi connectivity index (χ1n) is 9.31. The first-order chi connectivity index (χ1) is 15.2. The molecule has 0 saturated heterocycles. The lowest BCUT2D eigenvalue weighted by Crippen LogP contribution is -2.54. The van der Waals surface area contributed by atoms with Gasteiger partial charge in [-0.15, -0.1) is 0 Å². The molecule has 12 heteroatoms. The van der Waals surface area contributed by atoms with E-state index >= 15 is 0 Å². The van der Waals surface area contributed by atoms with Gasteiger partial charge >= 0.3 is 11.8 Å². The van der Waals surface area contributed by atoms with Crippen molar-refractivity contribution in [2.75, 3.05) is 6.61 Å². The second kappa shape index (κ2) is 11.4. The number of carbonyl (C=O) groups excluding carboxylic acids is 3. The summed E-state index contributed by atoms with van der Waals surface area (Å²) < 4.78 is 18.5. The van der Waals surface area contributed by atoms with Gasteiger partial charge in [-0.05, 0) is 17.2 Å². The van der Waals surface area contributed by atoms with Gasteiger partial charge in [-0.1, -0.05) is 36.4 Å². The number of nitro benzene ring substituents is 1. The smallest absolute Gasteiger partial charge is 0.408 e. The minimum absolute atomic E-state index is 0.0697. The molecule has 0 saturated carbocycles. The van der Waals surface area contributed by atoms with E-state index in [0.29, 0.717) is 5.56 Å². The highest BCUT2D eigenvalue weighted by Gasteiger charge is 2.26. The normalized spacial score (nSPS) is 12.3. The van der Waals surface area contributed by atoms with Crippen LogP contribution >= 0.6 is 0 Å². The number of nitrogens with one attached hydrogen (secondary N) is 2. The number of alkyl carbamates (subject to hydrolysis) is 1. The number of nitro groups is 1. The molecule has 32 heavy (non-hydrogen) atoms. The molecule has 5 N–H and O–H groups in total. The van der Waals surface area contributed by atoms with Crippen molar-refractivity contribution in [1.29, 1.82) is 0 Å². The Bertz CT molecular complexity index is 987. The molecule has 0 aliphatic carbocycles. The lowest BCUT2D eigenvalue weighted by atomic mass is 10.0. The number of benzene rings is 2. The SMILES string of the molecule is NC(=O)[C@@H](Cc1ccc(F)c([N+](=O)[O-])c1)NC(=O)[C@H](CO)NC(=O)OCc1ccccc1. The first-order valence-corrected chi connectivity index (χ1v) is 9.31. The molecule has 3 amide bonds. The van der Waals surface area contributed by atoms with Crippen molar-refractivity contribution < 1.29 is 33.5 Å². The molecule has 0 aromatic heterocycles. The fraction of sp³-hybridized carbons (Fsp3) is 0.250. The number of nitrogens with zero attached hydrogens (tertiary/aromatic N) is 1. The van der Waals surface area contributed by atoms with Crippen LogP contribution in [0.5, 0.6) is 0 Å². The Morgan fingerprint density at radius 1 is 1.09 bits per heavy atom. The molecule has 2 rings (SSSR count). The summed E-state index contributed by atoms with van der Waals surface area (Å²) in [6, 6.07) is 8.91. The largest absolute Gasteiger partial charge is 0.445 e. The minimum atomic E-state index is -1.46. The van der Waals surface area contributed by atoms with Crippen LogP contribution < -0.4 is 16.4 Å². The summed E-state index contributed by atoms with van der Waals surface area (Å²) in [6.07, 6.45) is -1.26. The van der Waals surface area contributed by atoms with Crippen molar-refractivity contribution >= 4 is 23.6 Å². The Morgan fingerprint density at radius 3 is 2.38 bits per heavy atom. The van der Waals surface area contributed by atoms with Crippen molar-refractivity contribution in [3.05, 3.63) is 75.6 Å². The number of rotatable bonds is 10. The fourth-order valence-electron chi connectivity index (χ4n) is 2.66. The molecule has 0 radical (unpaired) electrons. The Kier molecular flexibility index (Phi) is 8.60. The molecule has 0 unspecified atom stereocenters. The highest BCUT2D eigenvalue weighted by atomic mass is 19.1. The number of amides is 3. The van der Waals surface area contributed by atoms with Gasteiger partial charge in [-0.2, -0.15) is 4.39 Å². The molecule has 2 aromatic carbocycles. The van der Waals surface area contributed by atoms with Gasteiger partial charge in [0.1, 0.15) is 18.7 Å². The quantitative estimate of drug-likeness (QED) is 0.303. The van der Waals surface area contributed by atoms with Gasteiger partial charge in [0.05, 0.1) is 11.5 Å². The third-order valence-electron chi connectivity index (χ3n) is 4.31. The van der Waals surface area contributed by atoms with E-state index in [0.717, 1.165) is 12.1 Å². The van der Waals surface area contributed by atoms with Crippen LogP contribution in [0.2, 0.25) is 0 Å². The third-order valence-corrected chi connectivity index (χ3v) is 4.31. The number of halogens is 1. The molecule has 2 atom stereocenters. The minimum Gasteiger partial charge on any atom is -0.445 e. The van der Waals surface area contributed by atoms with Crippen LogP contribution in [0.25, 0.3) is 0 Å². The molecule has 0 aliphatic heterocycles. The maximum atomic E-state index is 13.5. The van der Waals surface area contributed by atoms with Crippen molar-refractivity contribution in [3.8, 4) is 0 Å². The Balaban J connectivity index is 1.99. The van der Waals surface area contributed by atoms with Gasteiger partial charge in [-0.25, -0.2) is 4.79 Å². The van der Waals surface area contributed by atoms with E-state index in [2.05, 4.69) is 10.6 Å². The second-order valence-corrected chi connectivity index (χ2v) is 6.65. The number of ether oxygens (including phenoxy) is 1. The predicted octanol–water partition coefficient (Wildman–Crippen LogP) is 0.534. The Morgan fingerprint density at radius 2 is 1.78 bits per heavy atom. The number of carbonyl (C=O) groups is 3. The standard InChI is InChI=1S/C20H21FN4O7/c21-14-7-6-13(9-17(14)25(30)31)8-15(18(22)27)23-19(28)16(10-26)24-20(29)32-11-12-4-2-1-3-5-12/h1-7,9,15-16,26H,8,10-11H2,(H2,22,27)(H,23,28)(H,24,29)/t15-,16+/m1/s1. The summed E-state index contributed by atoms with van der Waals surface area (Å²) in [7, 11) is 0. The van der Waals surface area contributed by atoms with Crippen molar-refractivity contribution in [2.45, 2.75) is 25.1 Å². The summed E-state index contributed by atoms with van der Waals surface area (Å²) in [6.45, 7) is -0.876. The molecule has 11 nitrogen and oxygen atoms in total. The highest BCUT2D eigenvalue weighted by Crippen LogP contribution is 2.19. The average molecular weight is 448 g/mol. The number of aliphatic hydroxyl groups excluding tert-OH is 1. The average Bonchev–Trinajstić information content (AvgIpc) is 2.77. The van der Waals surface area contributed by atoms with Gasteiger partial charge in [0.25, 0.3) is 0 Å². The maximum absolute atomic E-state index is 13.5. The number of nitrogens with two attached hydrogens (primary N) is 1. The summed E-state index contributed by atoms with van der Waals surface area (Å²) in [5.41, 5.74) is 5.35. The summed E-state index contributed by atoms with van der Waals surface area (Å²) in [5, 5.41) is 24.7. The van der Waals surface area contributed by atoms with Gasteiger partial charge in [0.2, 0.25) is 17.6 Å². The third kappa shape index (κ3) is 7.02. The van der Waals surface area contributed by atoms with Crippen LogP contribution in [0, 0.1) is 15.9 Å². The van der Waals surface area contributed by atoms with E-state index in [-0.39, 0.29) is 18.6 Å². The van der Waals surface area contributed by atoms with Gasteiger partial charge in [0.15, 0.2) is 0 Å². The molecule has 2 aromatic rings. The zero-order chi connectivity index (χ0) is 23.7. The van der Waals surface area contributed by atoms with Crippen molar-refractivity contribution in [3.63, 3.8) is 0 Å². The van der Waals surface area contributed by atoms with Gasteiger partial charge in [0, 0.05) is 12.5 Å². The van der Waals surface area contributed by atoms with E-state index in [4.69, 9.17) is 10.5 Å². The molecule has 0 aliphatic rings. The Labute approximate surface area is 181 Å². The van der Waals surface area contributed by atoms with E-state index in [1.165, 1.54) is 6.07 Å². The molecular weight excluding hydrogens is 427 g/mol. The van der Waals surface area contributed by atoms with Crippen molar-refractivity contribution in [1.82, 2.24) is 10.6 Å². The van der Waals surface area contributed by atoms with Crippen LogP contribution in [0.15, 0.2) is 48.5 Å². The van der Waals surface area contributed by atoms with E-state index in [1.54, 1.807) is 30.3 Å². The Hall–Kier alpha value is -4.06. The lowest BCUT2D eigenvalue weighted by Gasteiger charge is -2.20. The zero-order valence-corrected chi connectivity index (χ0v) is 16.7. The molecule has 0 bridgehead atoms. The maximum Gasteiger partial charge on any atom is 0.408 e.